The fourth-order valence-electron chi connectivity index (χ4n) is 2.99. The van der Waals surface area contributed by atoms with E-state index in [2.05, 4.69) is 23.8 Å². The van der Waals surface area contributed by atoms with Crippen molar-refractivity contribution in [3.8, 4) is 22.9 Å². The van der Waals surface area contributed by atoms with Gasteiger partial charge in [0.15, 0.2) is 11.6 Å². The van der Waals surface area contributed by atoms with Crippen molar-refractivity contribution < 1.29 is 14.3 Å². The molecule has 1 aromatic carbocycles. The summed E-state index contributed by atoms with van der Waals surface area (Å²) in [5.74, 6) is 1.61. The van der Waals surface area contributed by atoms with Crippen LogP contribution in [-0.4, -0.2) is 22.5 Å². The molecule has 2 rings (SSSR count). The van der Waals surface area contributed by atoms with Crippen LogP contribution < -0.4 is 9.47 Å². The lowest BCUT2D eigenvalue weighted by molar-refractivity contribution is -0.134. The van der Waals surface area contributed by atoms with E-state index in [0.29, 0.717) is 18.0 Å². The standard InChI is InChI=1S/C24H34N2O3/c1-3-5-7-9-11-17-28-21-15-13-20(14-16-21)24-25-18-22(19-26-24)29-23(27)12-10-8-6-4-2/h13-16,18-19H,3-12,17H2,1-2H3. The number of hydrogen-bond donors (Lipinski definition) is 0. The second kappa shape index (κ2) is 13.7. The van der Waals surface area contributed by atoms with Gasteiger partial charge in [-0.3, -0.25) is 4.79 Å². The number of carbonyl (C=O) groups excluding carboxylic acids is 1. The second-order valence-electron chi connectivity index (χ2n) is 7.31. The Kier molecular flexibility index (Phi) is 10.8. The van der Waals surface area contributed by atoms with Crippen LogP contribution in [0.25, 0.3) is 11.4 Å². The normalized spacial score (nSPS) is 10.7. The Bertz CT molecular complexity index is 699. The zero-order valence-electron chi connectivity index (χ0n) is 17.9. The first-order valence-corrected chi connectivity index (χ1v) is 11.0. The van der Waals surface area contributed by atoms with Crippen molar-refractivity contribution >= 4 is 5.97 Å². The molecule has 5 nitrogen and oxygen atoms in total. The molecule has 0 saturated carbocycles. The van der Waals surface area contributed by atoms with Crippen molar-refractivity contribution in [1.29, 1.82) is 0 Å². The van der Waals surface area contributed by atoms with Crippen LogP contribution in [0.5, 0.6) is 11.5 Å². The van der Waals surface area contributed by atoms with Gasteiger partial charge in [0, 0.05) is 12.0 Å². The number of esters is 1. The van der Waals surface area contributed by atoms with Crippen molar-refractivity contribution in [2.24, 2.45) is 0 Å². The lowest BCUT2D eigenvalue weighted by atomic mass is 10.1. The molecule has 0 aliphatic carbocycles. The van der Waals surface area contributed by atoms with Crippen LogP contribution in [0.1, 0.15) is 78.1 Å². The Labute approximate surface area is 174 Å². The summed E-state index contributed by atoms with van der Waals surface area (Å²) in [5, 5.41) is 0. The summed E-state index contributed by atoms with van der Waals surface area (Å²) in [6.07, 6.45) is 13.9. The average molecular weight is 399 g/mol. The molecule has 0 atom stereocenters. The molecule has 0 aliphatic heterocycles. The van der Waals surface area contributed by atoms with Crippen molar-refractivity contribution in [3.05, 3.63) is 36.7 Å². The molecule has 0 unspecified atom stereocenters. The highest BCUT2D eigenvalue weighted by Crippen LogP contribution is 2.21. The quantitative estimate of drug-likeness (QED) is 0.273. The molecular formula is C24H34N2O3. The van der Waals surface area contributed by atoms with Crippen LogP contribution in [0.2, 0.25) is 0 Å². The van der Waals surface area contributed by atoms with Crippen molar-refractivity contribution in [1.82, 2.24) is 9.97 Å². The van der Waals surface area contributed by atoms with Gasteiger partial charge in [-0.05, 0) is 37.1 Å². The number of ether oxygens (including phenoxy) is 2. The number of aromatic nitrogens is 2. The van der Waals surface area contributed by atoms with E-state index in [1.807, 2.05) is 24.3 Å². The zero-order valence-corrected chi connectivity index (χ0v) is 17.9. The van der Waals surface area contributed by atoms with E-state index >= 15 is 0 Å². The van der Waals surface area contributed by atoms with Gasteiger partial charge in [0.2, 0.25) is 0 Å². The maximum Gasteiger partial charge on any atom is 0.311 e. The minimum Gasteiger partial charge on any atom is -0.494 e. The summed E-state index contributed by atoms with van der Waals surface area (Å²) in [6, 6.07) is 7.77. The summed E-state index contributed by atoms with van der Waals surface area (Å²) >= 11 is 0. The molecule has 0 aliphatic rings. The number of unbranched alkanes of at least 4 members (excludes halogenated alkanes) is 7. The third-order valence-corrected chi connectivity index (χ3v) is 4.72. The molecule has 0 bridgehead atoms. The van der Waals surface area contributed by atoms with E-state index in [1.54, 1.807) is 12.4 Å². The lowest BCUT2D eigenvalue weighted by Crippen LogP contribution is -2.08. The van der Waals surface area contributed by atoms with Crippen molar-refractivity contribution in [2.45, 2.75) is 78.1 Å². The van der Waals surface area contributed by atoms with Gasteiger partial charge in [0.1, 0.15) is 5.75 Å². The highest BCUT2D eigenvalue weighted by Gasteiger charge is 2.07. The molecule has 158 valence electrons. The maximum absolute atomic E-state index is 11.8. The summed E-state index contributed by atoms with van der Waals surface area (Å²) in [5.41, 5.74) is 0.901. The molecule has 0 fully saturated rings. The number of rotatable bonds is 14. The topological polar surface area (TPSA) is 61.3 Å². The molecule has 0 saturated heterocycles. The molecule has 0 spiro atoms. The number of benzene rings is 1. The van der Waals surface area contributed by atoms with E-state index in [9.17, 15) is 4.79 Å². The van der Waals surface area contributed by atoms with Gasteiger partial charge in [-0.15, -0.1) is 0 Å². The fourth-order valence-corrected chi connectivity index (χ4v) is 2.99. The second-order valence-corrected chi connectivity index (χ2v) is 7.31. The Balaban J connectivity index is 1.76. The third kappa shape index (κ3) is 9.07. The van der Waals surface area contributed by atoms with E-state index < -0.39 is 0 Å². The average Bonchev–Trinajstić information content (AvgIpc) is 2.75. The molecule has 29 heavy (non-hydrogen) atoms. The Hall–Kier alpha value is -2.43. The first kappa shape index (κ1) is 22.9. The molecule has 1 aromatic heterocycles. The highest BCUT2D eigenvalue weighted by atomic mass is 16.5. The van der Waals surface area contributed by atoms with Crippen LogP contribution in [0.15, 0.2) is 36.7 Å². The van der Waals surface area contributed by atoms with Gasteiger partial charge in [0.25, 0.3) is 0 Å². The summed E-state index contributed by atoms with van der Waals surface area (Å²) < 4.78 is 11.1. The molecule has 2 aromatic rings. The van der Waals surface area contributed by atoms with Crippen LogP contribution in [0, 0.1) is 0 Å². The van der Waals surface area contributed by atoms with E-state index in [-0.39, 0.29) is 5.97 Å². The molecule has 0 N–H and O–H groups in total. The number of hydrogen-bond acceptors (Lipinski definition) is 5. The van der Waals surface area contributed by atoms with Crippen molar-refractivity contribution in [2.75, 3.05) is 6.61 Å². The monoisotopic (exact) mass is 398 g/mol. The van der Waals surface area contributed by atoms with E-state index in [0.717, 1.165) is 50.0 Å². The SMILES string of the molecule is CCCCCCCOc1ccc(-c2ncc(OC(=O)CCCCCC)cn2)cc1. The van der Waals surface area contributed by atoms with Gasteiger partial charge in [-0.1, -0.05) is 58.8 Å². The number of nitrogens with zero attached hydrogens (tertiary/aromatic N) is 2. The third-order valence-electron chi connectivity index (χ3n) is 4.72. The zero-order chi connectivity index (χ0) is 20.7. The van der Waals surface area contributed by atoms with Gasteiger partial charge in [-0.2, -0.15) is 0 Å². The highest BCUT2D eigenvalue weighted by molar-refractivity contribution is 5.72. The van der Waals surface area contributed by atoms with Crippen LogP contribution in [0.3, 0.4) is 0 Å². The maximum atomic E-state index is 11.8. The van der Waals surface area contributed by atoms with Gasteiger partial charge >= 0.3 is 5.97 Å². The summed E-state index contributed by atoms with van der Waals surface area (Å²) in [4.78, 5) is 20.5. The first-order valence-electron chi connectivity index (χ1n) is 11.0. The number of carbonyl (C=O) groups is 1. The molecule has 1 heterocycles. The van der Waals surface area contributed by atoms with Crippen LogP contribution in [-0.2, 0) is 4.79 Å². The first-order chi connectivity index (χ1) is 14.2. The summed E-state index contributed by atoms with van der Waals surface area (Å²) in [7, 11) is 0. The van der Waals surface area contributed by atoms with E-state index in [1.165, 1.54) is 25.7 Å². The predicted octanol–water partition coefficient (Wildman–Crippen LogP) is 6.37. The van der Waals surface area contributed by atoms with Gasteiger partial charge in [-0.25, -0.2) is 9.97 Å². The Morgan fingerprint density at radius 3 is 2.07 bits per heavy atom. The summed E-state index contributed by atoms with van der Waals surface area (Å²) in [6.45, 7) is 5.11. The Morgan fingerprint density at radius 2 is 1.41 bits per heavy atom. The minimum absolute atomic E-state index is 0.228. The molecule has 0 radical (unpaired) electrons. The fraction of sp³-hybridized carbons (Fsp3) is 0.542. The lowest BCUT2D eigenvalue weighted by Gasteiger charge is -2.07. The van der Waals surface area contributed by atoms with Crippen molar-refractivity contribution in [3.63, 3.8) is 0 Å². The van der Waals surface area contributed by atoms with Crippen LogP contribution >= 0.6 is 0 Å². The molecular weight excluding hydrogens is 364 g/mol. The van der Waals surface area contributed by atoms with Gasteiger partial charge < -0.3 is 9.47 Å². The minimum atomic E-state index is -0.228. The molecule has 5 heteroatoms. The van der Waals surface area contributed by atoms with Gasteiger partial charge in [0.05, 0.1) is 19.0 Å². The largest absolute Gasteiger partial charge is 0.494 e. The molecule has 0 amide bonds. The predicted molar refractivity (Wildman–Crippen MR) is 116 cm³/mol. The smallest absolute Gasteiger partial charge is 0.311 e. The Morgan fingerprint density at radius 1 is 0.793 bits per heavy atom. The van der Waals surface area contributed by atoms with Crippen LogP contribution in [0.4, 0.5) is 0 Å². The van der Waals surface area contributed by atoms with E-state index in [4.69, 9.17) is 9.47 Å².